The van der Waals surface area contributed by atoms with Crippen molar-refractivity contribution in [3.8, 4) is 0 Å². The van der Waals surface area contributed by atoms with Crippen molar-refractivity contribution >= 4 is 5.91 Å². The second-order valence-corrected chi connectivity index (χ2v) is 2.37. The van der Waals surface area contributed by atoms with Gasteiger partial charge in [0.2, 0.25) is 5.91 Å². The molecule has 0 radical (unpaired) electrons. The fraction of sp³-hybridized carbons (Fsp3) is 0.364. The van der Waals surface area contributed by atoms with Crippen molar-refractivity contribution in [3.63, 3.8) is 0 Å². The number of nitrogens with one attached hydrogen (secondary N) is 1. The Morgan fingerprint density at radius 1 is 1.46 bits per heavy atom. The summed E-state index contributed by atoms with van der Waals surface area (Å²) in [6.07, 6.45) is 5.99. The first-order valence-corrected chi connectivity index (χ1v) is 4.56. The van der Waals surface area contributed by atoms with Crippen molar-refractivity contribution in [2.75, 3.05) is 0 Å². The fourth-order valence-corrected chi connectivity index (χ4v) is 1.07. The maximum Gasteiger partial charge on any atom is 0.228 e. The lowest BCUT2D eigenvalue weighted by Crippen LogP contribution is -2.13. The summed E-state index contributed by atoms with van der Waals surface area (Å²) in [6, 6.07) is 0. The van der Waals surface area contributed by atoms with E-state index in [1.54, 1.807) is 6.08 Å². The van der Waals surface area contributed by atoms with Crippen molar-refractivity contribution in [2.45, 2.75) is 27.2 Å². The van der Waals surface area contributed by atoms with Gasteiger partial charge in [0, 0.05) is 5.70 Å². The van der Waals surface area contributed by atoms with Crippen LogP contribution in [0.5, 0.6) is 0 Å². The summed E-state index contributed by atoms with van der Waals surface area (Å²) in [5.41, 5.74) is 1.86. The predicted molar refractivity (Wildman–Crippen MR) is 56.1 cm³/mol. The molecular weight excluding hydrogens is 162 g/mol. The Morgan fingerprint density at radius 2 is 2.08 bits per heavy atom. The van der Waals surface area contributed by atoms with Gasteiger partial charge < -0.3 is 5.32 Å². The molecule has 2 heteroatoms. The summed E-state index contributed by atoms with van der Waals surface area (Å²) in [5, 5.41) is 2.71. The van der Waals surface area contributed by atoms with E-state index in [0.29, 0.717) is 6.42 Å². The topological polar surface area (TPSA) is 29.1 Å². The molecule has 1 aliphatic rings. The number of carbonyl (C=O) groups is 1. The summed E-state index contributed by atoms with van der Waals surface area (Å²) in [7, 11) is 0. The van der Waals surface area contributed by atoms with Crippen LogP contribution in [0.25, 0.3) is 0 Å². The van der Waals surface area contributed by atoms with Gasteiger partial charge in [0.05, 0.1) is 6.42 Å². The van der Waals surface area contributed by atoms with Gasteiger partial charge in [-0.1, -0.05) is 32.6 Å². The summed E-state index contributed by atoms with van der Waals surface area (Å²) in [4.78, 5) is 10.9. The third-order valence-corrected chi connectivity index (χ3v) is 1.54. The van der Waals surface area contributed by atoms with E-state index in [2.05, 4.69) is 11.9 Å². The van der Waals surface area contributed by atoms with Gasteiger partial charge in [0.15, 0.2) is 0 Å². The lowest BCUT2D eigenvalue weighted by Gasteiger charge is -1.93. The van der Waals surface area contributed by atoms with Crippen LogP contribution in [0.2, 0.25) is 0 Å². The molecule has 0 bridgehead atoms. The first-order chi connectivity index (χ1) is 6.27. The van der Waals surface area contributed by atoms with Crippen molar-refractivity contribution in [1.82, 2.24) is 5.32 Å². The average molecular weight is 179 g/mol. The van der Waals surface area contributed by atoms with Crippen molar-refractivity contribution in [3.05, 3.63) is 36.1 Å². The molecule has 0 aromatic carbocycles. The Hall–Kier alpha value is -1.31. The van der Waals surface area contributed by atoms with E-state index < -0.39 is 0 Å². The molecule has 0 aliphatic carbocycles. The van der Waals surface area contributed by atoms with Gasteiger partial charge in [-0.15, -0.1) is 0 Å². The molecule has 0 spiro atoms. The van der Waals surface area contributed by atoms with Crippen molar-refractivity contribution in [1.29, 1.82) is 0 Å². The smallest absolute Gasteiger partial charge is 0.228 e. The largest absolute Gasteiger partial charge is 0.326 e. The molecule has 0 aromatic rings. The molecule has 2 nitrogen and oxygen atoms in total. The molecule has 0 atom stereocenters. The lowest BCUT2D eigenvalue weighted by atomic mass is 10.2. The summed E-state index contributed by atoms with van der Waals surface area (Å²) in [6.45, 7) is 9.53. The van der Waals surface area contributed by atoms with Crippen LogP contribution in [0, 0.1) is 0 Å². The van der Waals surface area contributed by atoms with Gasteiger partial charge in [-0.05, 0) is 18.6 Å². The van der Waals surface area contributed by atoms with E-state index in [4.69, 9.17) is 0 Å². The van der Waals surface area contributed by atoms with E-state index in [1.165, 1.54) is 0 Å². The van der Waals surface area contributed by atoms with Crippen LogP contribution in [-0.2, 0) is 4.79 Å². The van der Waals surface area contributed by atoms with Gasteiger partial charge >= 0.3 is 0 Å². The fourth-order valence-electron chi connectivity index (χ4n) is 1.07. The average Bonchev–Trinajstić information content (AvgIpc) is 2.50. The van der Waals surface area contributed by atoms with Crippen LogP contribution in [0.4, 0.5) is 0 Å². The quantitative estimate of drug-likeness (QED) is 0.693. The molecule has 0 aromatic heterocycles. The highest BCUT2D eigenvalue weighted by atomic mass is 16.1. The number of amides is 1. The third-order valence-electron chi connectivity index (χ3n) is 1.54. The molecule has 1 amide bonds. The summed E-state index contributed by atoms with van der Waals surface area (Å²) >= 11 is 0. The number of hydrogen-bond donors (Lipinski definition) is 1. The first-order valence-electron chi connectivity index (χ1n) is 4.56. The molecular formula is C11H17NO. The zero-order valence-electron chi connectivity index (χ0n) is 8.55. The Kier molecular flexibility index (Phi) is 5.60. The van der Waals surface area contributed by atoms with E-state index in [9.17, 15) is 4.79 Å². The monoisotopic (exact) mass is 179 g/mol. The molecule has 0 saturated carbocycles. The first kappa shape index (κ1) is 11.7. The van der Waals surface area contributed by atoms with Gasteiger partial charge in [0.25, 0.3) is 0 Å². The van der Waals surface area contributed by atoms with E-state index in [1.807, 2.05) is 32.9 Å². The Labute approximate surface area is 80.0 Å². The summed E-state index contributed by atoms with van der Waals surface area (Å²) < 4.78 is 0. The van der Waals surface area contributed by atoms with Crippen LogP contribution in [-0.4, -0.2) is 5.91 Å². The lowest BCUT2D eigenvalue weighted by molar-refractivity contribution is -0.118. The third kappa shape index (κ3) is 3.28. The molecule has 1 heterocycles. The highest BCUT2D eigenvalue weighted by Crippen LogP contribution is 2.15. The van der Waals surface area contributed by atoms with Gasteiger partial charge in [0.1, 0.15) is 0 Å². The van der Waals surface area contributed by atoms with Crippen LogP contribution in [0.3, 0.4) is 0 Å². The standard InChI is InChI=1S/C9H11NO.C2H6/c1-3-5-7-6-9(11)10-8(7)4-2;1-2/h3-5H,2,6H2,1H3,(H,10,11);1-2H3/b5-3-;. The SMILES string of the molecule is C=CC1=C(/C=C\C)CC(=O)N1.CC. The van der Waals surface area contributed by atoms with E-state index in [0.717, 1.165) is 11.3 Å². The minimum atomic E-state index is 0.0491. The van der Waals surface area contributed by atoms with E-state index in [-0.39, 0.29) is 5.91 Å². The molecule has 0 fully saturated rings. The number of hydrogen-bond acceptors (Lipinski definition) is 1. The second-order valence-electron chi connectivity index (χ2n) is 2.37. The molecule has 1 N–H and O–H groups in total. The highest BCUT2D eigenvalue weighted by Gasteiger charge is 2.15. The minimum absolute atomic E-state index is 0.0491. The molecule has 13 heavy (non-hydrogen) atoms. The molecule has 72 valence electrons. The van der Waals surface area contributed by atoms with E-state index >= 15 is 0 Å². The van der Waals surface area contributed by atoms with Crippen LogP contribution >= 0.6 is 0 Å². The highest BCUT2D eigenvalue weighted by molar-refractivity contribution is 5.85. The normalized spacial score (nSPS) is 15.5. The molecule has 0 saturated heterocycles. The Bertz CT molecular complexity index is 249. The number of carbonyl (C=O) groups excluding carboxylic acids is 1. The van der Waals surface area contributed by atoms with Gasteiger partial charge in [-0.25, -0.2) is 0 Å². The van der Waals surface area contributed by atoms with Crippen LogP contribution in [0.1, 0.15) is 27.2 Å². The van der Waals surface area contributed by atoms with Gasteiger partial charge in [-0.3, -0.25) is 4.79 Å². The van der Waals surface area contributed by atoms with Crippen molar-refractivity contribution < 1.29 is 4.79 Å². The molecule has 1 aliphatic heterocycles. The zero-order valence-corrected chi connectivity index (χ0v) is 8.55. The van der Waals surface area contributed by atoms with Crippen molar-refractivity contribution in [2.24, 2.45) is 0 Å². The maximum absolute atomic E-state index is 10.9. The minimum Gasteiger partial charge on any atom is -0.326 e. The zero-order chi connectivity index (χ0) is 10.3. The molecule has 1 rings (SSSR count). The summed E-state index contributed by atoms with van der Waals surface area (Å²) in [5.74, 6) is 0.0491. The maximum atomic E-state index is 10.9. The number of allylic oxidation sites excluding steroid dienone is 3. The Morgan fingerprint density at radius 3 is 2.54 bits per heavy atom. The van der Waals surface area contributed by atoms with Gasteiger partial charge in [-0.2, -0.15) is 0 Å². The van der Waals surface area contributed by atoms with Crippen LogP contribution in [0.15, 0.2) is 36.1 Å². The van der Waals surface area contributed by atoms with Crippen LogP contribution < -0.4 is 5.32 Å². The Balaban J connectivity index is 0.000000671. The molecule has 0 unspecified atom stereocenters. The second kappa shape index (κ2) is 6.23. The number of rotatable bonds is 2. The predicted octanol–water partition coefficient (Wildman–Crippen LogP) is 2.55.